The minimum atomic E-state index is -3.31. The smallest absolute Gasteiger partial charge is 0.175 e. The minimum absolute atomic E-state index is 0.156. The molecule has 104 valence electrons. The van der Waals surface area contributed by atoms with Crippen molar-refractivity contribution in [3.05, 3.63) is 48.3 Å². The summed E-state index contributed by atoms with van der Waals surface area (Å²) in [5.74, 6) is 0.411. The molecule has 0 aliphatic heterocycles. The quantitative estimate of drug-likeness (QED) is 0.656. The summed E-state index contributed by atoms with van der Waals surface area (Å²) in [6.07, 6.45) is 2.62. The van der Waals surface area contributed by atoms with Gasteiger partial charge in [-0.2, -0.15) is 0 Å². The minimum Gasteiger partial charge on any atom is -0.455 e. The summed E-state index contributed by atoms with van der Waals surface area (Å²) in [6.45, 7) is 0. The molecule has 20 heavy (non-hydrogen) atoms. The van der Waals surface area contributed by atoms with E-state index in [2.05, 4.69) is 4.98 Å². The first-order valence-electron chi connectivity index (χ1n) is 5.65. The van der Waals surface area contributed by atoms with Gasteiger partial charge in [-0.05, 0) is 30.3 Å². The molecule has 3 N–H and O–H groups in total. The molecule has 0 fully saturated rings. The number of rotatable bonds is 4. The third kappa shape index (κ3) is 3.12. The van der Waals surface area contributed by atoms with Crippen LogP contribution in [0.15, 0.2) is 47.5 Å². The number of pyridine rings is 1. The normalized spacial score (nSPS) is 11.1. The summed E-state index contributed by atoms with van der Waals surface area (Å²) in [4.78, 5) is 4.11. The second-order valence-corrected chi connectivity index (χ2v) is 6.13. The molecule has 0 saturated heterocycles. The highest BCUT2D eigenvalue weighted by Crippen LogP contribution is 2.25. The fraction of sp³-hybridized carbons (Fsp3) is 0.0769. The number of nitrogens with zero attached hydrogens (tertiary/aromatic N) is 1. The van der Waals surface area contributed by atoms with Gasteiger partial charge in [0.1, 0.15) is 17.3 Å². The van der Waals surface area contributed by atoms with Crippen LogP contribution in [0.5, 0.6) is 11.5 Å². The van der Waals surface area contributed by atoms with Crippen molar-refractivity contribution in [1.29, 1.82) is 5.41 Å². The average Bonchev–Trinajstić information content (AvgIpc) is 2.38. The Balaban J connectivity index is 2.39. The van der Waals surface area contributed by atoms with E-state index in [4.69, 9.17) is 15.9 Å². The monoisotopic (exact) mass is 291 g/mol. The number of hydrogen-bond acceptors (Lipinski definition) is 5. The number of ether oxygens (including phenoxy) is 1. The molecular weight excluding hydrogens is 278 g/mol. The van der Waals surface area contributed by atoms with Crippen LogP contribution in [0, 0.1) is 5.41 Å². The van der Waals surface area contributed by atoms with Crippen molar-refractivity contribution in [3.8, 4) is 11.5 Å². The van der Waals surface area contributed by atoms with Crippen molar-refractivity contribution in [1.82, 2.24) is 4.98 Å². The molecule has 0 aliphatic carbocycles. The molecule has 0 aliphatic rings. The van der Waals surface area contributed by atoms with Crippen molar-refractivity contribution in [2.75, 3.05) is 6.26 Å². The van der Waals surface area contributed by atoms with Gasteiger partial charge >= 0.3 is 0 Å². The van der Waals surface area contributed by atoms with Crippen LogP contribution in [0.4, 0.5) is 0 Å². The summed E-state index contributed by atoms with van der Waals surface area (Å²) >= 11 is 0. The lowest BCUT2D eigenvalue weighted by molar-refractivity contribution is 0.477. The van der Waals surface area contributed by atoms with Crippen LogP contribution in [-0.2, 0) is 9.84 Å². The summed E-state index contributed by atoms with van der Waals surface area (Å²) in [5.41, 5.74) is 5.62. The first-order valence-corrected chi connectivity index (χ1v) is 7.54. The highest BCUT2D eigenvalue weighted by Gasteiger charge is 2.11. The molecule has 0 radical (unpaired) electrons. The van der Waals surface area contributed by atoms with E-state index in [9.17, 15) is 8.42 Å². The Morgan fingerprint density at radius 3 is 2.70 bits per heavy atom. The Kier molecular flexibility index (Phi) is 3.71. The fourth-order valence-electron chi connectivity index (χ4n) is 1.57. The van der Waals surface area contributed by atoms with Crippen molar-refractivity contribution >= 4 is 15.7 Å². The molecule has 1 aromatic carbocycles. The second kappa shape index (κ2) is 5.30. The van der Waals surface area contributed by atoms with Gasteiger partial charge in [-0.15, -0.1) is 0 Å². The van der Waals surface area contributed by atoms with E-state index >= 15 is 0 Å². The van der Waals surface area contributed by atoms with Crippen molar-refractivity contribution in [2.45, 2.75) is 4.90 Å². The molecule has 1 heterocycles. The summed E-state index contributed by atoms with van der Waals surface area (Å²) in [7, 11) is -3.31. The highest BCUT2D eigenvalue weighted by atomic mass is 32.2. The largest absolute Gasteiger partial charge is 0.455 e. The van der Waals surface area contributed by atoms with E-state index in [-0.39, 0.29) is 16.4 Å². The molecule has 7 heteroatoms. The number of nitrogens with one attached hydrogen (secondary N) is 1. The Morgan fingerprint density at radius 1 is 1.30 bits per heavy atom. The summed E-state index contributed by atoms with van der Waals surface area (Å²) in [6, 6.07) is 9.34. The van der Waals surface area contributed by atoms with Crippen LogP contribution >= 0.6 is 0 Å². The number of nitrogens with two attached hydrogens (primary N) is 1. The first-order chi connectivity index (χ1) is 9.38. The molecule has 6 nitrogen and oxygen atoms in total. The molecule has 0 amide bonds. The van der Waals surface area contributed by atoms with E-state index in [1.807, 2.05) is 0 Å². The van der Waals surface area contributed by atoms with E-state index in [0.29, 0.717) is 11.5 Å². The van der Waals surface area contributed by atoms with Gasteiger partial charge in [0.25, 0.3) is 0 Å². The van der Waals surface area contributed by atoms with Crippen LogP contribution in [0.25, 0.3) is 0 Å². The van der Waals surface area contributed by atoms with Crippen LogP contribution < -0.4 is 10.5 Å². The predicted molar refractivity (Wildman–Crippen MR) is 74.9 cm³/mol. The standard InChI is InChI=1S/C13H13N3O3S/c1-20(17,18)10-5-2-4-9(8-10)19-11-6-3-7-16-12(11)13(14)15/h2-8H,1H3,(H3,14,15). The molecular formula is C13H13N3O3S. The number of benzene rings is 1. The molecule has 1 aromatic heterocycles. The van der Waals surface area contributed by atoms with Gasteiger partial charge in [-0.25, -0.2) is 13.4 Å². The third-order valence-electron chi connectivity index (χ3n) is 2.49. The Morgan fingerprint density at radius 2 is 2.05 bits per heavy atom. The third-order valence-corrected chi connectivity index (χ3v) is 3.60. The molecule has 0 saturated carbocycles. The molecule has 0 spiro atoms. The van der Waals surface area contributed by atoms with Gasteiger partial charge in [-0.1, -0.05) is 6.07 Å². The zero-order chi connectivity index (χ0) is 14.8. The van der Waals surface area contributed by atoms with Gasteiger partial charge in [0.15, 0.2) is 15.6 Å². The van der Waals surface area contributed by atoms with E-state index in [0.717, 1.165) is 6.26 Å². The number of amidine groups is 1. The molecule has 0 unspecified atom stereocenters. The second-order valence-electron chi connectivity index (χ2n) is 4.11. The molecule has 2 rings (SSSR count). The molecule has 0 bridgehead atoms. The lowest BCUT2D eigenvalue weighted by Gasteiger charge is -2.09. The lowest BCUT2D eigenvalue weighted by atomic mass is 10.3. The van der Waals surface area contributed by atoms with Gasteiger partial charge in [0.05, 0.1) is 4.90 Å². The number of sulfone groups is 1. The molecule has 2 aromatic rings. The number of nitrogen functional groups attached to an aromatic ring is 1. The van der Waals surface area contributed by atoms with E-state index in [1.54, 1.807) is 24.3 Å². The van der Waals surface area contributed by atoms with Gasteiger partial charge < -0.3 is 10.5 Å². The number of hydrogen-bond donors (Lipinski definition) is 2. The van der Waals surface area contributed by atoms with Crippen LogP contribution in [0.1, 0.15) is 5.69 Å². The maximum Gasteiger partial charge on any atom is 0.175 e. The van der Waals surface area contributed by atoms with E-state index in [1.165, 1.54) is 18.3 Å². The first kappa shape index (κ1) is 14.0. The topological polar surface area (TPSA) is 106 Å². The number of aromatic nitrogens is 1. The Labute approximate surface area is 116 Å². The van der Waals surface area contributed by atoms with E-state index < -0.39 is 9.84 Å². The van der Waals surface area contributed by atoms with Crippen molar-refractivity contribution < 1.29 is 13.2 Å². The summed E-state index contributed by atoms with van der Waals surface area (Å²) < 4.78 is 28.5. The Hall–Kier alpha value is -2.41. The summed E-state index contributed by atoms with van der Waals surface area (Å²) in [5, 5.41) is 7.42. The van der Waals surface area contributed by atoms with Crippen LogP contribution in [0.3, 0.4) is 0 Å². The SMILES string of the molecule is CS(=O)(=O)c1cccc(Oc2cccnc2C(=N)N)c1. The predicted octanol–water partition coefficient (Wildman–Crippen LogP) is 1.56. The molecule has 0 atom stereocenters. The Bertz CT molecular complexity index is 757. The lowest BCUT2D eigenvalue weighted by Crippen LogP contribution is -2.14. The fourth-order valence-corrected chi connectivity index (χ4v) is 2.23. The van der Waals surface area contributed by atoms with Gasteiger partial charge in [-0.3, -0.25) is 5.41 Å². The van der Waals surface area contributed by atoms with Crippen molar-refractivity contribution in [2.24, 2.45) is 5.73 Å². The van der Waals surface area contributed by atoms with Gasteiger partial charge in [0.2, 0.25) is 0 Å². The maximum atomic E-state index is 11.5. The average molecular weight is 291 g/mol. The zero-order valence-corrected chi connectivity index (χ0v) is 11.5. The van der Waals surface area contributed by atoms with Crippen LogP contribution in [0.2, 0.25) is 0 Å². The highest BCUT2D eigenvalue weighted by molar-refractivity contribution is 7.90. The maximum absolute atomic E-state index is 11.5. The zero-order valence-electron chi connectivity index (χ0n) is 10.7. The van der Waals surface area contributed by atoms with Crippen LogP contribution in [-0.4, -0.2) is 25.5 Å². The van der Waals surface area contributed by atoms with Gasteiger partial charge in [0, 0.05) is 12.5 Å². The van der Waals surface area contributed by atoms with Crippen molar-refractivity contribution in [3.63, 3.8) is 0 Å².